The maximum Gasteiger partial charge on any atom is 0.264 e. The molecule has 0 fully saturated rings. The third-order valence-corrected chi connectivity index (χ3v) is 6.61. The quantitative estimate of drug-likeness (QED) is 0.768. The summed E-state index contributed by atoms with van der Waals surface area (Å²) in [6, 6.07) is 10.2. The van der Waals surface area contributed by atoms with E-state index in [2.05, 4.69) is 15.9 Å². The first kappa shape index (κ1) is 17.1. The number of anilines is 1. The first-order chi connectivity index (χ1) is 11.4. The number of sulfonamides is 1. The van der Waals surface area contributed by atoms with Gasteiger partial charge in [-0.3, -0.25) is 4.31 Å². The SMILES string of the molecule is CCN(c1ccc(Br)c(C)c1)S(=O)(=O)c1ccc2c(c1)OCCO2. The van der Waals surface area contributed by atoms with E-state index in [0.717, 1.165) is 10.0 Å². The largest absolute Gasteiger partial charge is 0.486 e. The van der Waals surface area contributed by atoms with E-state index in [1.807, 2.05) is 26.0 Å². The van der Waals surface area contributed by atoms with Gasteiger partial charge in [-0.15, -0.1) is 0 Å². The lowest BCUT2D eigenvalue weighted by Crippen LogP contribution is -2.31. The van der Waals surface area contributed by atoms with E-state index in [0.29, 0.717) is 36.9 Å². The molecule has 0 radical (unpaired) electrons. The summed E-state index contributed by atoms with van der Waals surface area (Å²) >= 11 is 3.44. The van der Waals surface area contributed by atoms with Crippen LogP contribution in [-0.2, 0) is 10.0 Å². The zero-order valence-corrected chi connectivity index (χ0v) is 15.9. The molecule has 2 aromatic rings. The minimum atomic E-state index is -3.68. The molecule has 1 heterocycles. The molecule has 7 heteroatoms. The Hall–Kier alpha value is -1.73. The lowest BCUT2D eigenvalue weighted by atomic mass is 10.2. The van der Waals surface area contributed by atoms with Crippen molar-refractivity contribution in [1.82, 2.24) is 0 Å². The van der Waals surface area contributed by atoms with Crippen molar-refractivity contribution in [2.24, 2.45) is 0 Å². The van der Waals surface area contributed by atoms with Gasteiger partial charge in [-0.25, -0.2) is 8.42 Å². The Labute approximate surface area is 150 Å². The summed E-state index contributed by atoms with van der Waals surface area (Å²) in [5, 5.41) is 0. The standard InChI is InChI=1S/C17H18BrNO4S/c1-3-19(13-4-6-15(18)12(2)10-13)24(20,21)14-5-7-16-17(11-14)23-9-8-22-16/h4-7,10-11H,3,8-9H2,1-2H3. The summed E-state index contributed by atoms with van der Waals surface area (Å²) in [5.41, 5.74) is 1.61. The Morgan fingerprint density at radius 1 is 1.08 bits per heavy atom. The van der Waals surface area contributed by atoms with Gasteiger partial charge < -0.3 is 9.47 Å². The normalized spacial score (nSPS) is 13.6. The van der Waals surface area contributed by atoms with Gasteiger partial charge in [0, 0.05) is 17.1 Å². The van der Waals surface area contributed by atoms with Gasteiger partial charge in [-0.05, 0) is 49.7 Å². The highest BCUT2D eigenvalue weighted by Crippen LogP contribution is 2.34. The zero-order chi connectivity index (χ0) is 17.3. The van der Waals surface area contributed by atoms with Crippen molar-refractivity contribution in [1.29, 1.82) is 0 Å². The van der Waals surface area contributed by atoms with Crippen molar-refractivity contribution >= 4 is 31.6 Å². The van der Waals surface area contributed by atoms with Crippen molar-refractivity contribution in [3.8, 4) is 11.5 Å². The number of hydrogen-bond donors (Lipinski definition) is 0. The molecule has 0 bridgehead atoms. The second-order valence-electron chi connectivity index (χ2n) is 5.41. The van der Waals surface area contributed by atoms with E-state index in [4.69, 9.17) is 9.47 Å². The Kier molecular flexibility index (Phi) is 4.73. The van der Waals surface area contributed by atoms with Crippen LogP contribution < -0.4 is 13.8 Å². The maximum atomic E-state index is 13.1. The summed E-state index contributed by atoms with van der Waals surface area (Å²) in [7, 11) is -3.68. The second kappa shape index (κ2) is 6.64. The van der Waals surface area contributed by atoms with Crippen molar-refractivity contribution in [3.63, 3.8) is 0 Å². The van der Waals surface area contributed by atoms with Crippen LogP contribution in [0.2, 0.25) is 0 Å². The number of halogens is 1. The Morgan fingerprint density at radius 2 is 1.79 bits per heavy atom. The molecule has 24 heavy (non-hydrogen) atoms. The average molecular weight is 412 g/mol. The van der Waals surface area contributed by atoms with Crippen LogP contribution in [0.1, 0.15) is 12.5 Å². The number of ether oxygens (including phenoxy) is 2. The first-order valence-corrected chi connectivity index (χ1v) is 9.85. The molecule has 0 saturated carbocycles. The van der Waals surface area contributed by atoms with E-state index < -0.39 is 10.0 Å². The molecule has 1 aliphatic heterocycles. The van der Waals surface area contributed by atoms with Crippen LogP contribution in [0.3, 0.4) is 0 Å². The zero-order valence-electron chi connectivity index (χ0n) is 13.5. The maximum absolute atomic E-state index is 13.1. The van der Waals surface area contributed by atoms with Crippen LogP contribution >= 0.6 is 15.9 Å². The molecule has 0 saturated heterocycles. The van der Waals surface area contributed by atoms with E-state index in [-0.39, 0.29) is 4.90 Å². The summed E-state index contributed by atoms with van der Waals surface area (Å²) in [6.07, 6.45) is 0. The number of benzene rings is 2. The van der Waals surface area contributed by atoms with Crippen LogP contribution in [0.5, 0.6) is 11.5 Å². The summed E-state index contributed by atoms with van der Waals surface area (Å²) < 4.78 is 39.4. The summed E-state index contributed by atoms with van der Waals surface area (Å²) in [6.45, 7) is 4.96. The highest BCUT2D eigenvalue weighted by Gasteiger charge is 2.26. The van der Waals surface area contributed by atoms with Gasteiger partial charge in [0.2, 0.25) is 0 Å². The van der Waals surface area contributed by atoms with Gasteiger partial charge in [0.05, 0.1) is 10.6 Å². The monoisotopic (exact) mass is 411 g/mol. The first-order valence-electron chi connectivity index (χ1n) is 7.62. The van der Waals surface area contributed by atoms with Crippen LogP contribution in [0, 0.1) is 6.92 Å². The van der Waals surface area contributed by atoms with Gasteiger partial charge in [0.1, 0.15) is 13.2 Å². The molecule has 0 N–H and O–H groups in total. The minimum Gasteiger partial charge on any atom is -0.486 e. The van der Waals surface area contributed by atoms with E-state index in [1.54, 1.807) is 18.2 Å². The Balaban J connectivity index is 2.02. The number of hydrogen-bond acceptors (Lipinski definition) is 4. The fourth-order valence-electron chi connectivity index (χ4n) is 2.59. The molecule has 5 nitrogen and oxygen atoms in total. The van der Waals surface area contributed by atoms with Gasteiger partial charge in [0.15, 0.2) is 11.5 Å². The van der Waals surface area contributed by atoms with Crippen molar-refractivity contribution < 1.29 is 17.9 Å². The fraction of sp³-hybridized carbons (Fsp3) is 0.294. The van der Waals surface area contributed by atoms with E-state index in [1.165, 1.54) is 10.4 Å². The smallest absolute Gasteiger partial charge is 0.264 e. The molecule has 128 valence electrons. The van der Waals surface area contributed by atoms with Gasteiger partial charge >= 0.3 is 0 Å². The van der Waals surface area contributed by atoms with Gasteiger partial charge in [-0.2, -0.15) is 0 Å². The summed E-state index contributed by atoms with van der Waals surface area (Å²) in [4.78, 5) is 0.189. The lowest BCUT2D eigenvalue weighted by Gasteiger charge is -2.25. The fourth-order valence-corrected chi connectivity index (χ4v) is 4.31. The molecule has 0 spiro atoms. The topological polar surface area (TPSA) is 55.8 Å². The molecular formula is C17H18BrNO4S. The number of rotatable bonds is 4. The average Bonchev–Trinajstić information content (AvgIpc) is 2.58. The third-order valence-electron chi connectivity index (χ3n) is 3.82. The van der Waals surface area contributed by atoms with Crippen molar-refractivity contribution in [3.05, 3.63) is 46.4 Å². The highest BCUT2D eigenvalue weighted by molar-refractivity contribution is 9.10. The molecular weight excluding hydrogens is 394 g/mol. The molecule has 0 unspecified atom stereocenters. The third kappa shape index (κ3) is 3.10. The second-order valence-corrected chi connectivity index (χ2v) is 8.13. The Morgan fingerprint density at radius 3 is 2.46 bits per heavy atom. The lowest BCUT2D eigenvalue weighted by molar-refractivity contribution is 0.171. The minimum absolute atomic E-state index is 0.189. The molecule has 1 aliphatic rings. The van der Waals surface area contributed by atoms with Crippen molar-refractivity contribution in [2.45, 2.75) is 18.7 Å². The Bertz CT molecular complexity index is 867. The van der Waals surface area contributed by atoms with E-state index >= 15 is 0 Å². The van der Waals surface area contributed by atoms with Crippen LogP contribution in [0.15, 0.2) is 45.8 Å². The van der Waals surface area contributed by atoms with Crippen LogP contribution in [0.25, 0.3) is 0 Å². The molecule has 0 amide bonds. The van der Waals surface area contributed by atoms with Crippen LogP contribution in [0.4, 0.5) is 5.69 Å². The summed E-state index contributed by atoms with van der Waals surface area (Å²) in [5.74, 6) is 1.04. The van der Waals surface area contributed by atoms with Gasteiger partial charge in [-0.1, -0.05) is 15.9 Å². The molecule has 0 aliphatic carbocycles. The molecule has 3 rings (SSSR count). The molecule has 2 aromatic carbocycles. The predicted molar refractivity (Wildman–Crippen MR) is 96.5 cm³/mol. The molecule has 0 atom stereocenters. The number of fused-ring (bicyclic) bond motifs is 1. The predicted octanol–water partition coefficient (Wildman–Crippen LogP) is 3.74. The number of aryl methyl sites for hydroxylation is 1. The number of nitrogens with zero attached hydrogens (tertiary/aromatic N) is 1. The van der Waals surface area contributed by atoms with Gasteiger partial charge in [0.25, 0.3) is 10.0 Å². The molecule has 0 aromatic heterocycles. The van der Waals surface area contributed by atoms with Crippen molar-refractivity contribution in [2.75, 3.05) is 24.1 Å². The van der Waals surface area contributed by atoms with Crippen LogP contribution in [-0.4, -0.2) is 28.2 Å². The van der Waals surface area contributed by atoms with E-state index in [9.17, 15) is 8.42 Å². The highest BCUT2D eigenvalue weighted by atomic mass is 79.9.